The zero-order valence-electron chi connectivity index (χ0n) is 18.1. The molecule has 1 aromatic heterocycles. The van der Waals surface area contributed by atoms with Gasteiger partial charge in [0.15, 0.2) is 5.13 Å². The SMILES string of the molecule is Cc1ccc2nc(N3C(=O)C(=O)/C(=C(/O)c4ccc(Cl)cc4)C3c3cccc([N+](=O)[O-])c3)sc2c1. The number of aryl methyl sites for hydroxylation is 1. The predicted molar refractivity (Wildman–Crippen MR) is 134 cm³/mol. The van der Waals surface area contributed by atoms with Gasteiger partial charge in [-0.2, -0.15) is 0 Å². The molecule has 0 bridgehead atoms. The van der Waals surface area contributed by atoms with Crippen molar-refractivity contribution in [3.8, 4) is 0 Å². The van der Waals surface area contributed by atoms with Crippen molar-refractivity contribution in [2.24, 2.45) is 0 Å². The summed E-state index contributed by atoms with van der Waals surface area (Å²) in [6.07, 6.45) is 0. The normalized spacial score (nSPS) is 17.3. The summed E-state index contributed by atoms with van der Waals surface area (Å²) in [5.41, 5.74) is 1.83. The highest BCUT2D eigenvalue weighted by Gasteiger charge is 2.48. The first-order valence-corrected chi connectivity index (χ1v) is 11.6. The summed E-state index contributed by atoms with van der Waals surface area (Å²) < 4.78 is 0.817. The van der Waals surface area contributed by atoms with Gasteiger partial charge in [-0.25, -0.2) is 4.98 Å². The van der Waals surface area contributed by atoms with Gasteiger partial charge < -0.3 is 5.11 Å². The molecule has 3 aromatic carbocycles. The van der Waals surface area contributed by atoms with Crippen LogP contribution in [-0.4, -0.2) is 26.7 Å². The molecule has 4 aromatic rings. The quantitative estimate of drug-likeness (QED) is 0.123. The van der Waals surface area contributed by atoms with Crippen LogP contribution in [0.2, 0.25) is 5.02 Å². The molecular weight excluding hydrogens is 490 g/mol. The summed E-state index contributed by atoms with van der Waals surface area (Å²) in [6.45, 7) is 1.93. The number of amides is 1. The lowest BCUT2D eigenvalue weighted by Crippen LogP contribution is -2.29. The van der Waals surface area contributed by atoms with Crippen molar-refractivity contribution in [3.63, 3.8) is 0 Å². The smallest absolute Gasteiger partial charge is 0.301 e. The lowest BCUT2D eigenvalue weighted by molar-refractivity contribution is -0.384. The van der Waals surface area contributed by atoms with Crippen molar-refractivity contribution in [2.75, 3.05) is 4.90 Å². The molecule has 0 saturated carbocycles. The number of aliphatic hydroxyl groups excluding tert-OH is 1. The molecule has 1 N–H and O–H groups in total. The van der Waals surface area contributed by atoms with Crippen LogP contribution < -0.4 is 4.90 Å². The fourth-order valence-electron chi connectivity index (χ4n) is 4.04. The van der Waals surface area contributed by atoms with Crippen molar-refractivity contribution in [3.05, 3.63) is 104 Å². The van der Waals surface area contributed by atoms with Gasteiger partial charge in [0.25, 0.3) is 11.5 Å². The van der Waals surface area contributed by atoms with Crippen LogP contribution in [0.4, 0.5) is 10.8 Å². The first-order chi connectivity index (χ1) is 16.7. The largest absolute Gasteiger partial charge is 0.507 e. The number of fused-ring (bicyclic) bond motifs is 1. The number of anilines is 1. The number of benzene rings is 3. The summed E-state index contributed by atoms with van der Waals surface area (Å²) in [7, 11) is 0. The van der Waals surface area contributed by atoms with E-state index in [4.69, 9.17) is 11.6 Å². The van der Waals surface area contributed by atoms with Crippen LogP contribution in [0, 0.1) is 17.0 Å². The number of ketones is 1. The second-order valence-corrected chi connectivity index (χ2v) is 9.44. The molecule has 1 atom stereocenters. The van der Waals surface area contributed by atoms with Crippen LogP contribution in [0.1, 0.15) is 22.7 Å². The maximum atomic E-state index is 13.3. The Balaban J connectivity index is 1.75. The molecule has 1 amide bonds. The van der Waals surface area contributed by atoms with Gasteiger partial charge in [-0.3, -0.25) is 24.6 Å². The van der Waals surface area contributed by atoms with Crippen LogP contribution in [0.5, 0.6) is 0 Å². The first kappa shape index (κ1) is 22.7. The number of nitro groups is 1. The lowest BCUT2D eigenvalue weighted by atomic mass is 9.95. The zero-order valence-corrected chi connectivity index (χ0v) is 19.7. The Morgan fingerprint density at radius 1 is 1.11 bits per heavy atom. The molecule has 1 saturated heterocycles. The Morgan fingerprint density at radius 3 is 2.57 bits per heavy atom. The maximum absolute atomic E-state index is 13.3. The van der Waals surface area contributed by atoms with E-state index in [0.29, 0.717) is 16.1 Å². The molecule has 174 valence electrons. The highest BCUT2D eigenvalue weighted by atomic mass is 35.5. The third kappa shape index (κ3) is 3.94. The molecule has 10 heteroatoms. The van der Waals surface area contributed by atoms with E-state index in [0.717, 1.165) is 10.3 Å². The first-order valence-electron chi connectivity index (χ1n) is 10.4. The summed E-state index contributed by atoms with van der Waals surface area (Å²) in [4.78, 5) is 43.2. The zero-order chi connectivity index (χ0) is 24.9. The average Bonchev–Trinajstić information content (AvgIpc) is 3.37. The number of hydrogen-bond acceptors (Lipinski definition) is 7. The number of carbonyl (C=O) groups is 2. The second kappa shape index (κ2) is 8.61. The third-order valence-electron chi connectivity index (χ3n) is 5.70. The van der Waals surface area contributed by atoms with E-state index in [1.807, 2.05) is 25.1 Å². The predicted octanol–water partition coefficient (Wildman–Crippen LogP) is 5.79. The minimum atomic E-state index is -1.12. The van der Waals surface area contributed by atoms with Crippen LogP contribution in [0.25, 0.3) is 16.0 Å². The molecular formula is C25H16ClN3O5S. The third-order valence-corrected chi connectivity index (χ3v) is 6.97. The Labute approximate surface area is 207 Å². The fraction of sp³-hybridized carbons (Fsp3) is 0.0800. The van der Waals surface area contributed by atoms with E-state index in [1.54, 1.807) is 18.2 Å². The van der Waals surface area contributed by atoms with Crippen molar-refractivity contribution >= 4 is 61.4 Å². The molecule has 1 unspecified atom stereocenters. The molecule has 1 aliphatic rings. The summed E-state index contributed by atoms with van der Waals surface area (Å²) in [5, 5.41) is 23.3. The van der Waals surface area contributed by atoms with E-state index < -0.39 is 28.4 Å². The van der Waals surface area contributed by atoms with Crippen molar-refractivity contribution in [1.82, 2.24) is 4.98 Å². The minimum absolute atomic E-state index is 0.187. The number of thiazole rings is 1. The molecule has 5 rings (SSSR count). The van der Waals surface area contributed by atoms with Gasteiger partial charge >= 0.3 is 5.91 Å². The average molecular weight is 506 g/mol. The number of nitro benzene ring substituents is 1. The van der Waals surface area contributed by atoms with Gasteiger partial charge in [-0.05, 0) is 54.4 Å². The van der Waals surface area contributed by atoms with Gasteiger partial charge in [-0.1, -0.05) is 41.1 Å². The Kier molecular flexibility index (Phi) is 5.58. The highest BCUT2D eigenvalue weighted by molar-refractivity contribution is 7.22. The van der Waals surface area contributed by atoms with Gasteiger partial charge in [0.05, 0.1) is 26.8 Å². The minimum Gasteiger partial charge on any atom is -0.507 e. The Morgan fingerprint density at radius 2 is 1.86 bits per heavy atom. The van der Waals surface area contributed by atoms with Crippen LogP contribution in [0.3, 0.4) is 0 Å². The number of carbonyl (C=O) groups excluding carboxylic acids is 2. The highest BCUT2D eigenvalue weighted by Crippen LogP contribution is 2.44. The van der Waals surface area contributed by atoms with Gasteiger partial charge in [0.1, 0.15) is 5.76 Å². The lowest BCUT2D eigenvalue weighted by Gasteiger charge is -2.22. The summed E-state index contributed by atoms with van der Waals surface area (Å²) in [6, 6.07) is 16.3. The van der Waals surface area contributed by atoms with Crippen molar-refractivity contribution in [2.45, 2.75) is 13.0 Å². The molecule has 2 heterocycles. The number of nitrogens with zero attached hydrogens (tertiary/aromatic N) is 3. The van der Waals surface area contributed by atoms with Gasteiger partial charge in [0.2, 0.25) is 0 Å². The number of rotatable bonds is 4. The fourth-order valence-corrected chi connectivity index (χ4v) is 5.26. The van der Waals surface area contributed by atoms with E-state index in [2.05, 4.69) is 4.98 Å². The van der Waals surface area contributed by atoms with Crippen LogP contribution in [-0.2, 0) is 9.59 Å². The molecule has 1 fully saturated rings. The standard InChI is InChI=1S/C25H16ClN3O5S/c1-13-5-10-18-19(11-13)35-25(27-18)28-21(15-3-2-4-17(12-15)29(33)34)20(23(31)24(28)32)22(30)14-6-8-16(26)9-7-14/h2-12,21,30H,1H3/b22-20+. The Bertz CT molecular complexity index is 1560. The maximum Gasteiger partial charge on any atom is 0.301 e. The van der Waals surface area contributed by atoms with Crippen molar-refractivity contribution in [1.29, 1.82) is 0 Å². The van der Waals surface area contributed by atoms with Gasteiger partial charge in [0, 0.05) is 22.7 Å². The number of Topliss-reactive ketones (excluding diaryl/α,β-unsaturated/α-hetero) is 1. The topological polar surface area (TPSA) is 114 Å². The number of hydrogen-bond donors (Lipinski definition) is 1. The molecule has 0 spiro atoms. The number of aliphatic hydroxyl groups is 1. The molecule has 0 radical (unpaired) electrons. The van der Waals surface area contributed by atoms with E-state index in [9.17, 15) is 24.8 Å². The number of aromatic nitrogens is 1. The van der Waals surface area contributed by atoms with Crippen LogP contribution >= 0.6 is 22.9 Å². The van der Waals surface area contributed by atoms with Crippen molar-refractivity contribution < 1.29 is 19.6 Å². The van der Waals surface area contributed by atoms with Crippen LogP contribution in [0.15, 0.2) is 72.3 Å². The van der Waals surface area contributed by atoms with Gasteiger partial charge in [-0.15, -0.1) is 0 Å². The molecule has 0 aliphatic carbocycles. The summed E-state index contributed by atoms with van der Waals surface area (Å²) in [5.74, 6) is -2.20. The molecule has 35 heavy (non-hydrogen) atoms. The number of non-ortho nitro benzene ring substituents is 1. The molecule has 8 nitrogen and oxygen atoms in total. The number of halogens is 1. The Hall–Kier alpha value is -4.08. The van der Waals surface area contributed by atoms with E-state index in [-0.39, 0.29) is 22.0 Å². The monoisotopic (exact) mass is 505 g/mol. The van der Waals surface area contributed by atoms with E-state index >= 15 is 0 Å². The summed E-state index contributed by atoms with van der Waals surface area (Å²) >= 11 is 7.18. The molecule has 1 aliphatic heterocycles. The van der Waals surface area contributed by atoms with E-state index in [1.165, 1.54) is 46.6 Å². The second-order valence-electron chi connectivity index (χ2n) is 8.00.